The van der Waals surface area contributed by atoms with Gasteiger partial charge < -0.3 is 10.4 Å². The Labute approximate surface area is 111 Å². The third-order valence-electron chi connectivity index (χ3n) is 1.95. The molecule has 5 heteroatoms. The van der Waals surface area contributed by atoms with Crippen LogP contribution in [0.3, 0.4) is 0 Å². The minimum Gasteiger partial charge on any atom is -0.481 e. The summed E-state index contributed by atoms with van der Waals surface area (Å²) < 4.78 is 2.14. The van der Waals surface area contributed by atoms with Gasteiger partial charge in [-0.3, -0.25) is 4.79 Å². The molecule has 0 heterocycles. The maximum atomic E-state index is 10.6. The molecule has 15 heavy (non-hydrogen) atoms. The number of carbonyl (C=O) groups is 1. The Balaban J connectivity index is 2.58. The van der Waals surface area contributed by atoms with Gasteiger partial charge in [-0.1, -0.05) is 6.92 Å². The molecule has 1 aromatic carbocycles. The number of carboxylic acids is 1. The lowest BCUT2D eigenvalue weighted by Gasteiger charge is -2.10. The van der Waals surface area contributed by atoms with Gasteiger partial charge >= 0.3 is 5.97 Å². The van der Waals surface area contributed by atoms with Crippen LogP contribution in [0.4, 0.5) is 5.69 Å². The predicted molar refractivity (Wildman–Crippen MR) is 72.1 cm³/mol. The van der Waals surface area contributed by atoms with Crippen LogP contribution < -0.4 is 5.32 Å². The SMILES string of the molecule is CC(CNc1ccc(I)c(Br)c1)C(=O)O. The molecule has 1 atom stereocenters. The summed E-state index contributed by atoms with van der Waals surface area (Å²) in [5, 5.41) is 11.8. The summed E-state index contributed by atoms with van der Waals surface area (Å²) in [5.74, 6) is -1.17. The van der Waals surface area contributed by atoms with Gasteiger partial charge in [0.1, 0.15) is 0 Å². The molecule has 0 fully saturated rings. The van der Waals surface area contributed by atoms with E-state index < -0.39 is 5.97 Å². The summed E-state index contributed by atoms with van der Waals surface area (Å²) in [4.78, 5) is 10.6. The molecule has 1 unspecified atom stereocenters. The topological polar surface area (TPSA) is 49.3 Å². The Kier molecular flexibility index (Phi) is 4.85. The minimum atomic E-state index is -0.785. The number of carboxylic acid groups (broad SMARTS) is 1. The van der Waals surface area contributed by atoms with Crippen molar-refractivity contribution in [2.75, 3.05) is 11.9 Å². The quantitative estimate of drug-likeness (QED) is 0.785. The van der Waals surface area contributed by atoms with Crippen molar-refractivity contribution in [3.05, 3.63) is 26.2 Å². The predicted octanol–water partition coefficient (Wildman–Crippen LogP) is 3.19. The molecule has 0 amide bonds. The number of hydrogen-bond acceptors (Lipinski definition) is 2. The molecule has 1 aromatic rings. The van der Waals surface area contributed by atoms with Crippen molar-refractivity contribution in [1.82, 2.24) is 0 Å². The van der Waals surface area contributed by atoms with E-state index in [-0.39, 0.29) is 5.92 Å². The zero-order valence-electron chi connectivity index (χ0n) is 8.13. The second-order valence-corrected chi connectivity index (χ2v) is 5.27. The Bertz CT molecular complexity index is 370. The number of benzene rings is 1. The minimum absolute atomic E-state index is 0.386. The van der Waals surface area contributed by atoms with Gasteiger partial charge in [-0.25, -0.2) is 0 Å². The highest BCUT2D eigenvalue weighted by Crippen LogP contribution is 2.22. The number of nitrogens with one attached hydrogen (secondary N) is 1. The summed E-state index contributed by atoms with van der Waals surface area (Å²) in [7, 11) is 0. The lowest BCUT2D eigenvalue weighted by atomic mass is 10.2. The van der Waals surface area contributed by atoms with Gasteiger partial charge in [-0.2, -0.15) is 0 Å². The first-order valence-electron chi connectivity index (χ1n) is 4.42. The molecule has 0 saturated heterocycles. The van der Waals surface area contributed by atoms with Crippen molar-refractivity contribution in [2.24, 2.45) is 5.92 Å². The maximum Gasteiger partial charge on any atom is 0.308 e. The second-order valence-electron chi connectivity index (χ2n) is 3.25. The first-order valence-corrected chi connectivity index (χ1v) is 6.29. The van der Waals surface area contributed by atoms with Crippen LogP contribution in [0, 0.1) is 9.49 Å². The molecule has 0 radical (unpaired) electrons. The van der Waals surface area contributed by atoms with Crippen molar-refractivity contribution < 1.29 is 9.90 Å². The molecule has 0 saturated carbocycles. The molecule has 3 nitrogen and oxygen atoms in total. The van der Waals surface area contributed by atoms with Crippen LogP contribution in [0.25, 0.3) is 0 Å². The molecule has 0 aliphatic rings. The van der Waals surface area contributed by atoms with Crippen molar-refractivity contribution in [3.8, 4) is 0 Å². The van der Waals surface area contributed by atoms with Gasteiger partial charge in [-0.05, 0) is 56.7 Å². The summed E-state index contributed by atoms with van der Waals surface area (Å²) in [6.45, 7) is 2.11. The summed E-state index contributed by atoms with van der Waals surface area (Å²) in [6.07, 6.45) is 0. The standard InChI is InChI=1S/C10H11BrINO2/c1-6(10(14)15)5-13-7-2-3-9(12)8(11)4-7/h2-4,6,13H,5H2,1H3,(H,14,15). The first kappa shape index (κ1) is 12.8. The highest BCUT2D eigenvalue weighted by molar-refractivity contribution is 14.1. The van der Waals surface area contributed by atoms with E-state index >= 15 is 0 Å². The molecular formula is C10H11BrINO2. The molecule has 0 aliphatic heterocycles. The van der Waals surface area contributed by atoms with E-state index in [1.54, 1.807) is 6.92 Å². The summed E-state index contributed by atoms with van der Waals surface area (Å²) >= 11 is 5.64. The highest BCUT2D eigenvalue weighted by Gasteiger charge is 2.10. The van der Waals surface area contributed by atoms with Gasteiger partial charge in [0.2, 0.25) is 0 Å². The van der Waals surface area contributed by atoms with Crippen LogP contribution in [0.2, 0.25) is 0 Å². The normalized spacial score (nSPS) is 12.2. The highest BCUT2D eigenvalue weighted by atomic mass is 127. The van der Waals surface area contributed by atoms with Crippen molar-refractivity contribution in [3.63, 3.8) is 0 Å². The summed E-state index contributed by atoms with van der Waals surface area (Å²) in [5.41, 5.74) is 0.926. The second kappa shape index (κ2) is 5.69. The largest absolute Gasteiger partial charge is 0.481 e. The molecule has 0 spiro atoms. The van der Waals surface area contributed by atoms with E-state index in [1.165, 1.54) is 0 Å². The number of rotatable bonds is 4. The van der Waals surface area contributed by atoms with Crippen LogP contribution in [0.15, 0.2) is 22.7 Å². The van der Waals surface area contributed by atoms with Crippen molar-refractivity contribution >= 4 is 50.2 Å². The van der Waals surface area contributed by atoms with Gasteiger partial charge in [-0.15, -0.1) is 0 Å². The monoisotopic (exact) mass is 383 g/mol. The van der Waals surface area contributed by atoms with Crippen LogP contribution in [0.1, 0.15) is 6.92 Å². The fourth-order valence-electron chi connectivity index (χ4n) is 0.964. The van der Waals surface area contributed by atoms with E-state index in [0.717, 1.165) is 13.7 Å². The van der Waals surface area contributed by atoms with Crippen molar-refractivity contribution in [1.29, 1.82) is 0 Å². The van der Waals surface area contributed by atoms with Crippen LogP contribution in [0.5, 0.6) is 0 Å². The molecule has 1 rings (SSSR count). The number of aliphatic carboxylic acids is 1. The Morgan fingerprint density at radius 2 is 2.33 bits per heavy atom. The number of hydrogen-bond donors (Lipinski definition) is 2. The molecule has 2 N–H and O–H groups in total. The lowest BCUT2D eigenvalue weighted by molar-refractivity contribution is -0.140. The third kappa shape index (κ3) is 3.98. The average molecular weight is 384 g/mol. The van der Waals surface area contributed by atoms with E-state index in [4.69, 9.17) is 5.11 Å². The van der Waals surface area contributed by atoms with E-state index in [1.807, 2.05) is 18.2 Å². The summed E-state index contributed by atoms with van der Waals surface area (Å²) in [6, 6.07) is 5.84. The number of halogens is 2. The molecule has 82 valence electrons. The van der Waals surface area contributed by atoms with Crippen molar-refractivity contribution in [2.45, 2.75) is 6.92 Å². The fourth-order valence-corrected chi connectivity index (χ4v) is 1.68. The van der Waals surface area contributed by atoms with Crippen LogP contribution >= 0.6 is 38.5 Å². The maximum absolute atomic E-state index is 10.6. The molecule has 0 bridgehead atoms. The molecular weight excluding hydrogens is 373 g/mol. The smallest absolute Gasteiger partial charge is 0.308 e. The van der Waals surface area contributed by atoms with Gasteiger partial charge in [0.15, 0.2) is 0 Å². The van der Waals surface area contributed by atoms with E-state index in [2.05, 4.69) is 43.8 Å². The first-order chi connectivity index (χ1) is 7.00. The molecule has 0 aromatic heterocycles. The molecule has 0 aliphatic carbocycles. The fraction of sp³-hybridized carbons (Fsp3) is 0.300. The van der Waals surface area contributed by atoms with Crippen LogP contribution in [-0.4, -0.2) is 17.6 Å². The van der Waals surface area contributed by atoms with Crippen LogP contribution in [-0.2, 0) is 4.79 Å². The Morgan fingerprint density at radius 1 is 1.67 bits per heavy atom. The Hall–Kier alpha value is -0.300. The zero-order chi connectivity index (χ0) is 11.4. The lowest BCUT2D eigenvalue weighted by Crippen LogP contribution is -2.19. The van der Waals surface area contributed by atoms with E-state index in [0.29, 0.717) is 6.54 Å². The average Bonchev–Trinajstić information content (AvgIpc) is 2.19. The van der Waals surface area contributed by atoms with Gasteiger partial charge in [0.25, 0.3) is 0 Å². The Morgan fingerprint density at radius 3 is 2.87 bits per heavy atom. The van der Waals surface area contributed by atoms with E-state index in [9.17, 15) is 4.79 Å². The zero-order valence-corrected chi connectivity index (χ0v) is 11.9. The number of anilines is 1. The third-order valence-corrected chi connectivity index (χ3v) is 4.29. The van der Waals surface area contributed by atoms with Gasteiger partial charge in [0, 0.05) is 20.3 Å². The van der Waals surface area contributed by atoms with Gasteiger partial charge in [0.05, 0.1) is 5.92 Å².